The van der Waals surface area contributed by atoms with Gasteiger partial charge in [0, 0.05) is 94.7 Å². The van der Waals surface area contributed by atoms with Gasteiger partial charge in [-0.1, -0.05) is 55.0 Å². The van der Waals surface area contributed by atoms with Crippen LogP contribution in [0, 0.1) is 17.8 Å². The number of amides is 6. The average Bonchev–Trinajstić information content (AvgIpc) is 1.61. The van der Waals surface area contributed by atoms with Crippen LogP contribution in [-0.2, 0) is 50.3 Å². The van der Waals surface area contributed by atoms with Crippen LogP contribution in [0.15, 0.2) is 54.9 Å². The van der Waals surface area contributed by atoms with Crippen LogP contribution in [0.3, 0.4) is 0 Å². The molecule has 102 heavy (non-hydrogen) atoms. The summed E-state index contributed by atoms with van der Waals surface area (Å²) < 4.78 is 43.3. The summed E-state index contributed by atoms with van der Waals surface area (Å²) in [5, 5.41) is 125. The van der Waals surface area contributed by atoms with E-state index in [1.807, 2.05) is 36.7 Å². The van der Waals surface area contributed by atoms with Crippen LogP contribution in [-0.4, -0.2) is 288 Å². The Kier molecular flexibility index (Phi) is 26.4. The molecule has 34 nitrogen and oxygen atoms in total. The van der Waals surface area contributed by atoms with Gasteiger partial charge in [-0.15, -0.1) is 10.2 Å². The highest BCUT2D eigenvalue weighted by Crippen LogP contribution is 2.35. The number of aliphatic hydroxyl groups is 8. The van der Waals surface area contributed by atoms with Crippen molar-refractivity contribution in [3.05, 3.63) is 60.4 Å². The maximum atomic E-state index is 15.0. The topological polar surface area (TPSA) is 494 Å². The molecule has 2 aromatic heterocycles. The number of hydrogen-bond acceptors (Lipinski definition) is 28. The summed E-state index contributed by atoms with van der Waals surface area (Å²) in [4.78, 5) is 104. The minimum absolute atomic E-state index is 0.0611. The lowest BCUT2D eigenvalue weighted by Gasteiger charge is -2.34. The van der Waals surface area contributed by atoms with E-state index in [1.54, 1.807) is 0 Å². The Morgan fingerprint density at radius 2 is 1.37 bits per heavy atom. The minimum atomic E-state index is -5.23. The molecule has 13 atom stereocenters. The standard InChI is InChI=1S/C66H94N14O20S2/c1-35-30-80-56(57(35)89)61(93)69-29-44(84)24-47(68-26-37-13-18-78(19-14-37)66-76-75-62(101-66)41-9-7-40(8-10-41)42-27-70-65(71-28-42)77-20-15-46(16-21-77)99-34-38-4-3-5-38)58(90)72-53(36(2)83)63(94)79-31-45(85)25-48(79)59(91)73-54(51(88)22-39-6-11-49(86)52(23-39)100-102(96,97)98)60(92)74-55(64(80)95)50(87)12-17-67-43(32-81)33-82/h6-11,23,27-28,35-38,43-48,50-51,53-57,67-68,81-89H,3-5,12-22,24-26,29-34H2,1-2H3,(H,69,93)(H,72,90)(H,73,91)(H,74,92)(H,96,97,98)/t35-,36+,44+,45+,47?,48-,50+,51+,53-,54-,55-,56-,57-/m0/s1. The highest BCUT2D eigenvalue weighted by Gasteiger charge is 2.50. The van der Waals surface area contributed by atoms with Gasteiger partial charge < -0.3 is 106 Å². The molecule has 10 rings (SSSR count). The molecule has 0 radical (unpaired) electrons. The molecule has 6 fully saturated rings. The van der Waals surface area contributed by atoms with Crippen molar-refractivity contribution in [3.63, 3.8) is 0 Å². The van der Waals surface area contributed by atoms with Crippen molar-refractivity contribution < 1.29 is 96.6 Å². The molecule has 1 aliphatic carbocycles. The number of hydrogen-bond donors (Lipinski definition) is 16. The van der Waals surface area contributed by atoms with Crippen LogP contribution < -0.4 is 45.9 Å². The van der Waals surface area contributed by atoms with Crippen LogP contribution in [0.2, 0.25) is 0 Å². The maximum Gasteiger partial charge on any atom is 0.446 e. The molecule has 36 heteroatoms. The number of fused-ring (bicyclic) bond motifs is 2. The van der Waals surface area contributed by atoms with E-state index in [9.17, 15) is 87.7 Å². The highest BCUT2D eigenvalue weighted by molar-refractivity contribution is 7.81. The van der Waals surface area contributed by atoms with Crippen molar-refractivity contribution in [2.75, 3.05) is 88.5 Å². The molecule has 7 heterocycles. The van der Waals surface area contributed by atoms with E-state index < -0.39 is 194 Å². The van der Waals surface area contributed by atoms with Gasteiger partial charge >= 0.3 is 10.4 Å². The Bertz CT molecular complexity index is 3620. The number of anilines is 2. The first-order valence-corrected chi connectivity index (χ1v) is 36.9. The van der Waals surface area contributed by atoms with Gasteiger partial charge in [0.15, 0.2) is 11.5 Å². The molecule has 0 spiro atoms. The lowest BCUT2D eigenvalue weighted by atomic mass is 9.86. The summed E-state index contributed by atoms with van der Waals surface area (Å²) in [6.45, 7) is 3.75. The number of rotatable bonds is 23. The quantitative estimate of drug-likeness (QED) is 0.0323. The lowest BCUT2D eigenvalue weighted by Crippen LogP contribution is -2.64. The number of aliphatic hydroxyl groups excluding tert-OH is 8. The number of carbonyl (C=O) groups is 6. The maximum absolute atomic E-state index is 15.0. The Hall–Kier alpha value is -7.43. The number of piperidine rings is 2. The molecular weight excluding hydrogens is 1370 g/mol. The van der Waals surface area contributed by atoms with E-state index in [1.165, 1.54) is 44.4 Å². The summed E-state index contributed by atoms with van der Waals surface area (Å²) in [5.74, 6) is -7.87. The molecule has 1 unspecified atom stereocenters. The van der Waals surface area contributed by atoms with Gasteiger partial charge in [0.2, 0.25) is 46.5 Å². The molecule has 1 saturated carbocycles. The average molecular weight is 1470 g/mol. The first-order valence-electron chi connectivity index (χ1n) is 34.7. The van der Waals surface area contributed by atoms with Gasteiger partial charge in [0.25, 0.3) is 0 Å². The van der Waals surface area contributed by atoms with E-state index in [0.717, 1.165) is 83.1 Å². The number of β-amino-alcohol motifs (C(OH)–C–C–N with tert-alkyl or cyclic N) is 1. The van der Waals surface area contributed by atoms with E-state index >= 15 is 0 Å². The Labute approximate surface area is 593 Å². The van der Waals surface area contributed by atoms with E-state index in [-0.39, 0.29) is 37.2 Å². The fraction of sp³-hybridized carbons (Fsp3) is 0.636. The van der Waals surface area contributed by atoms with Gasteiger partial charge in [-0.3, -0.25) is 33.3 Å². The monoisotopic (exact) mass is 1470 g/mol. The second-order valence-electron chi connectivity index (χ2n) is 27.5. The molecule has 16 N–H and O–H groups in total. The van der Waals surface area contributed by atoms with Crippen LogP contribution in [0.1, 0.15) is 83.6 Å². The third-order valence-corrected chi connectivity index (χ3v) is 21.4. The highest BCUT2D eigenvalue weighted by atomic mass is 32.3. The first-order chi connectivity index (χ1) is 48.7. The van der Waals surface area contributed by atoms with Crippen LogP contribution in [0.25, 0.3) is 21.7 Å². The fourth-order valence-corrected chi connectivity index (χ4v) is 14.9. The number of ether oxygens (including phenoxy) is 1. The largest absolute Gasteiger partial charge is 0.504 e. The van der Waals surface area contributed by atoms with Crippen molar-refractivity contribution in [1.29, 1.82) is 0 Å². The number of aromatic nitrogens is 4. The number of benzene rings is 2. The number of nitrogens with zero attached hydrogens (tertiary/aromatic N) is 8. The van der Waals surface area contributed by atoms with Gasteiger partial charge in [-0.25, -0.2) is 9.97 Å². The molecule has 5 saturated heterocycles. The summed E-state index contributed by atoms with van der Waals surface area (Å²) in [6, 6.07) is -0.944. The summed E-state index contributed by atoms with van der Waals surface area (Å²) in [5.41, 5.74) is 2.60. The smallest absolute Gasteiger partial charge is 0.446 e. The zero-order valence-corrected chi connectivity index (χ0v) is 58.4. The Morgan fingerprint density at radius 1 is 0.716 bits per heavy atom. The number of phenolic OH excluding ortho intramolecular Hbond substituents is 1. The summed E-state index contributed by atoms with van der Waals surface area (Å²) in [7, 11) is -5.23. The molecule has 6 aliphatic rings. The van der Waals surface area contributed by atoms with Crippen LogP contribution >= 0.6 is 11.3 Å². The predicted molar refractivity (Wildman–Crippen MR) is 366 cm³/mol. The predicted octanol–water partition coefficient (Wildman–Crippen LogP) is -3.31. The lowest BCUT2D eigenvalue weighted by molar-refractivity contribution is -0.147. The number of aromatic hydroxyl groups is 1. The fourth-order valence-electron chi connectivity index (χ4n) is 13.7. The molecule has 6 amide bonds. The third-order valence-electron chi connectivity index (χ3n) is 20.0. The van der Waals surface area contributed by atoms with Crippen molar-refractivity contribution in [2.45, 2.75) is 169 Å². The van der Waals surface area contributed by atoms with Gasteiger partial charge in [-0.05, 0) is 106 Å². The SMILES string of the molecule is C[C@@H](O)[C@@H]1NC(=O)C(NCC2CCN(c3nnc(-c4ccc(-c5cnc(N6CCC(OCC7CCC7)CC6)nc5)cc4)s3)CC2)C[C@@H](O)CNC(=O)[C@@H]2[C@@H](O)[C@@H](C)CN2C(=O)[C@H]([C@H](O)CCNC(CO)CO)NC(=O)[C@H]([C@H](O)Cc2ccc(O)c(OS(=O)(=O)O)c2)NC(=O)[C@@H]2C[C@@H](O)CN2C1=O. The van der Waals surface area contributed by atoms with Gasteiger partial charge in [-0.2, -0.15) is 8.42 Å². The third kappa shape index (κ3) is 19.7. The second-order valence-corrected chi connectivity index (χ2v) is 29.5. The van der Waals surface area contributed by atoms with Crippen molar-refractivity contribution in [1.82, 2.24) is 61.9 Å². The number of phenols is 1. The molecule has 4 aromatic rings. The Morgan fingerprint density at radius 3 is 2.03 bits per heavy atom. The van der Waals surface area contributed by atoms with Gasteiger partial charge in [0.05, 0.1) is 68.0 Å². The zero-order valence-electron chi connectivity index (χ0n) is 56.7. The van der Waals surface area contributed by atoms with Crippen molar-refractivity contribution >= 4 is 68.3 Å². The Balaban J connectivity index is 0.838. The second kappa shape index (κ2) is 34.9. The summed E-state index contributed by atoms with van der Waals surface area (Å²) in [6.07, 6.45) is -1.42. The molecular formula is C66H94N14O20S2. The van der Waals surface area contributed by atoms with E-state index in [4.69, 9.17) is 14.7 Å². The van der Waals surface area contributed by atoms with Crippen LogP contribution in [0.5, 0.6) is 11.5 Å². The van der Waals surface area contributed by atoms with E-state index in [0.29, 0.717) is 42.0 Å². The minimum Gasteiger partial charge on any atom is -0.504 e. The molecule has 5 aliphatic heterocycles. The zero-order chi connectivity index (χ0) is 73.1. The van der Waals surface area contributed by atoms with Crippen LogP contribution in [0.4, 0.5) is 11.1 Å². The molecule has 2 aromatic carbocycles. The van der Waals surface area contributed by atoms with Gasteiger partial charge in [0.1, 0.15) is 35.2 Å². The number of nitrogens with one attached hydrogen (secondary N) is 6. The number of carbonyl (C=O) groups excluding carboxylic acids is 6. The molecule has 560 valence electrons. The first kappa shape index (κ1) is 77.2. The van der Waals surface area contributed by atoms with Crippen molar-refractivity contribution in [2.24, 2.45) is 17.8 Å². The summed E-state index contributed by atoms with van der Waals surface area (Å²) >= 11 is 1.44. The van der Waals surface area contributed by atoms with Crippen molar-refractivity contribution in [3.8, 4) is 33.2 Å². The molecule has 0 bridgehead atoms. The normalized spacial score (nSPS) is 26.9. The van der Waals surface area contributed by atoms with E-state index in [2.05, 4.69) is 56.1 Å².